The molecule has 9 heteroatoms. The summed E-state index contributed by atoms with van der Waals surface area (Å²) in [6.07, 6.45) is 2.73. The Kier molecular flexibility index (Phi) is 6.56. The molecule has 0 aliphatic heterocycles. The molecule has 0 saturated heterocycles. The average molecular weight is 481 g/mol. The zero-order chi connectivity index (χ0) is 24.3. The third-order valence-electron chi connectivity index (χ3n) is 5.68. The van der Waals surface area contributed by atoms with Gasteiger partial charge in [-0.1, -0.05) is 24.3 Å². The molecule has 1 amide bonds. The van der Waals surface area contributed by atoms with E-state index in [2.05, 4.69) is 20.0 Å². The molecule has 1 aromatic heterocycles. The maximum absolute atomic E-state index is 13.1. The molecule has 3 aromatic rings. The largest absolute Gasteiger partial charge is 0.494 e. The number of hydrogen-bond donors (Lipinski definition) is 2. The zero-order valence-corrected chi connectivity index (χ0v) is 20.2. The Bertz CT molecular complexity index is 1290. The number of anilines is 2. The maximum Gasteiger partial charge on any atom is 0.237 e. The highest BCUT2D eigenvalue weighted by Gasteiger charge is 2.37. The van der Waals surface area contributed by atoms with E-state index in [4.69, 9.17) is 4.74 Å². The minimum atomic E-state index is -3.49. The lowest BCUT2D eigenvalue weighted by molar-refractivity contribution is -0.120. The third-order valence-corrected chi connectivity index (χ3v) is 7.50. The third kappa shape index (κ3) is 5.36. The monoisotopic (exact) mass is 480 g/mol. The summed E-state index contributed by atoms with van der Waals surface area (Å²) in [5.41, 5.74) is 2.06. The van der Waals surface area contributed by atoms with Crippen molar-refractivity contribution in [1.29, 1.82) is 0 Å². The number of rotatable bonds is 9. The quantitative estimate of drug-likeness (QED) is 0.471. The van der Waals surface area contributed by atoms with E-state index in [0.29, 0.717) is 30.8 Å². The number of carbonyl (C=O) groups excluding carboxylic acids is 1. The van der Waals surface area contributed by atoms with Crippen LogP contribution in [0.5, 0.6) is 5.75 Å². The second-order valence-electron chi connectivity index (χ2n) is 8.73. The SMILES string of the molecule is CCOc1cccc(-c2ccc(NC(=O)C(C)(C)c3ccnc(NS(=O)(=O)C4CC4)n3)cc2)c1. The lowest BCUT2D eigenvalue weighted by Gasteiger charge is -2.23. The molecule has 1 fully saturated rings. The normalized spacial score (nSPS) is 13.9. The van der Waals surface area contributed by atoms with Crippen LogP contribution in [0.15, 0.2) is 60.8 Å². The van der Waals surface area contributed by atoms with Gasteiger partial charge in [-0.05, 0) is 75.1 Å². The van der Waals surface area contributed by atoms with Crippen LogP contribution in [0.3, 0.4) is 0 Å². The van der Waals surface area contributed by atoms with Crippen molar-refractivity contribution >= 4 is 27.6 Å². The highest BCUT2D eigenvalue weighted by atomic mass is 32.2. The van der Waals surface area contributed by atoms with Crippen LogP contribution in [0.4, 0.5) is 11.6 Å². The number of hydrogen-bond acceptors (Lipinski definition) is 6. The number of carbonyl (C=O) groups is 1. The van der Waals surface area contributed by atoms with Gasteiger partial charge in [0, 0.05) is 11.9 Å². The van der Waals surface area contributed by atoms with Crippen LogP contribution in [-0.2, 0) is 20.2 Å². The van der Waals surface area contributed by atoms with Crippen molar-refractivity contribution in [2.75, 3.05) is 16.6 Å². The molecule has 1 heterocycles. The number of sulfonamides is 1. The molecule has 1 aliphatic rings. The molecule has 0 bridgehead atoms. The van der Waals surface area contributed by atoms with Crippen molar-refractivity contribution in [3.05, 3.63) is 66.5 Å². The van der Waals surface area contributed by atoms with Gasteiger partial charge in [-0.2, -0.15) is 0 Å². The topological polar surface area (TPSA) is 110 Å². The van der Waals surface area contributed by atoms with Crippen LogP contribution in [0, 0.1) is 0 Å². The van der Waals surface area contributed by atoms with E-state index in [1.165, 1.54) is 6.20 Å². The first-order chi connectivity index (χ1) is 16.2. The van der Waals surface area contributed by atoms with Gasteiger partial charge < -0.3 is 10.1 Å². The fourth-order valence-corrected chi connectivity index (χ4v) is 4.70. The number of nitrogens with zero attached hydrogens (tertiary/aromatic N) is 2. The summed E-state index contributed by atoms with van der Waals surface area (Å²) in [7, 11) is -3.49. The van der Waals surface area contributed by atoms with Crippen LogP contribution in [-0.4, -0.2) is 36.1 Å². The zero-order valence-electron chi connectivity index (χ0n) is 19.4. The van der Waals surface area contributed by atoms with E-state index in [-0.39, 0.29) is 17.1 Å². The Balaban J connectivity index is 1.46. The lowest BCUT2D eigenvalue weighted by atomic mass is 9.88. The highest BCUT2D eigenvalue weighted by molar-refractivity contribution is 7.93. The summed E-state index contributed by atoms with van der Waals surface area (Å²) in [4.78, 5) is 21.4. The Morgan fingerprint density at radius 3 is 2.50 bits per heavy atom. The van der Waals surface area contributed by atoms with Crippen LogP contribution < -0.4 is 14.8 Å². The van der Waals surface area contributed by atoms with E-state index >= 15 is 0 Å². The molecule has 1 aliphatic carbocycles. The number of ether oxygens (including phenoxy) is 1. The minimum absolute atomic E-state index is 0.0242. The second-order valence-corrected chi connectivity index (χ2v) is 10.7. The Morgan fingerprint density at radius 2 is 1.82 bits per heavy atom. The van der Waals surface area contributed by atoms with Gasteiger partial charge in [0.05, 0.1) is 23.0 Å². The Morgan fingerprint density at radius 1 is 1.09 bits per heavy atom. The first-order valence-electron chi connectivity index (χ1n) is 11.2. The summed E-state index contributed by atoms with van der Waals surface area (Å²) < 4.78 is 32.4. The van der Waals surface area contributed by atoms with Gasteiger partial charge >= 0.3 is 0 Å². The van der Waals surface area contributed by atoms with Crippen LogP contribution in [0.1, 0.15) is 39.3 Å². The van der Waals surface area contributed by atoms with E-state index in [1.54, 1.807) is 19.9 Å². The molecule has 4 rings (SSSR count). The fourth-order valence-electron chi connectivity index (χ4n) is 3.43. The summed E-state index contributed by atoms with van der Waals surface area (Å²) in [5, 5.41) is 2.54. The van der Waals surface area contributed by atoms with Crippen molar-refractivity contribution in [3.8, 4) is 16.9 Å². The molecular weight excluding hydrogens is 452 g/mol. The van der Waals surface area contributed by atoms with Crippen LogP contribution in [0.2, 0.25) is 0 Å². The van der Waals surface area contributed by atoms with Gasteiger partial charge in [-0.15, -0.1) is 0 Å². The van der Waals surface area contributed by atoms with Crippen molar-refractivity contribution in [1.82, 2.24) is 9.97 Å². The molecule has 0 spiro atoms. The predicted octanol–water partition coefficient (Wildman–Crippen LogP) is 4.36. The highest BCUT2D eigenvalue weighted by Crippen LogP contribution is 2.30. The van der Waals surface area contributed by atoms with Crippen molar-refractivity contribution < 1.29 is 17.9 Å². The molecule has 2 N–H and O–H groups in total. The van der Waals surface area contributed by atoms with Crippen molar-refractivity contribution in [2.24, 2.45) is 0 Å². The average Bonchev–Trinajstić information content (AvgIpc) is 3.66. The smallest absolute Gasteiger partial charge is 0.237 e. The van der Waals surface area contributed by atoms with E-state index in [9.17, 15) is 13.2 Å². The van der Waals surface area contributed by atoms with Crippen LogP contribution >= 0.6 is 0 Å². The van der Waals surface area contributed by atoms with Gasteiger partial charge in [0.15, 0.2) is 0 Å². The molecule has 178 valence electrons. The van der Waals surface area contributed by atoms with E-state index in [1.807, 2.05) is 55.5 Å². The van der Waals surface area contributed by atoms with E-state index < -0.39 is 15.4 Å². The van der Waals surface area contributed by atoms with Crippen molar-refractivity contribution in [3.63, 3.8) is 0 Å². The lowest BCUT2D eigenvalue weighted by Crippen LogP contribution is -2.36. The minimum Gasteiger partial charge on any atom is -0.494 e. The number of benzene rings is 2. The molecule has 0 unspecified atom stereocenters. The summed E-state index contributed by atoms with van der Waals surface area (Å²) in [5.74, 6) is 0.514. The molecule has 34 heavy (non-hydrogen) atoms. The first-order valence-corrected chi connectivity index (χ1v) is 12.7. The Labute approximate surface area is 199 Å². The fraction of sp³-hybridized carbons (Fsp3) is 0.320. The van der Waals surface area contributed by atoms with Gasteiger partial charge in [0.1, 0.15) is 5.75 Å². The van der Waals surface area contributed by atoms with E-state index in [0.717, 1.165) is 16.9 Å². The molecule has 0 radical (unpaired) electrons. The van der Waals surface area contributed by atoms with Gasteiger partial charge in [-0.3, -0.25) is 9.52 Å². The molecule has 0 atom stereocenters. The van der Waals surface area contributed by atoms with Crippen molar-refractivity contribution in [2.45, 2.75) is 44.3 Å². The van der Waals surface area contributed by atoms with Gasteiger partial charge in [0.2, 0.25) is 21.9 Å². The second kappa shape index (κ2) is 9.42. The summed E-state index contributed by atoms with van der Waals surface area (Å²) >= 11 is 0. The summed E-state index contributed by atoms with van der Waals surface area (Å²) in [6.45, 7) is 6.01. The predicted molar refractivity (Wildman–Crippen MR) is 132 cm³/mol. The molecule has 2 aromatic carbocycles. The number of aromatic nitrogens is 2. The molecule has 1 saturated carbocycles. The standard InChI is InChI=1S/C25H28N4O4S/c1-4-33-20-7-5-6-18(16-20)17-8-10-19(11-9-17)27-23(30)25(2,3)22-14-15-26-24(28-22)29-34(31,32)21-12-13-21/h5-11,14-16,21H,4,12-13H2,1-3H3,(H,27,30)(H,26,28,29). The number of amides is 1. The van der Waals surface area contributed by atoms with Gasteiger partial charge in [-0.25, -0.2) is 18.4 Å². The first kappa shape index (κ1) is 23.7. The van der Waals surface area contributed by atoms with Crippen LogP contribution in [0.25, 0.3) is 11.1 Å². The molecule has 8 nitrogen and oxygen atoms in total. The Hall–Kier alpha value is -3.46. The number of nitrogens with one attached hydrogen (secondary N) is 2. The molecular formula is C25H28N4O4S. The summed E-state index contributed by atoms with van der Waals surface area (Å²) in [6, 6.07) is 17.0. The van der Waals surface area contributed by atoms with Gasteiger partial charge in [0.25, 0.3) is 0 Å². The maximum atomic E-state index is 13.1.